The first-order valence-corrected chi connectivity index (χ1v) is 8.04. The van der Waals surface area contributed by atoms with Crippen LogP contribution in [-0.2, 0) is 9.59 Å². The van der Waals surface area contributed by atoms with Gasteiger partial charge in [0, 0.05) is 25.9 Å². The second kappa shape index (κ2) is 6.06. The molecule has 2 heterocycles. The van der Waals surface area contributed by atoms with Gasteiger partial charge in [0.25, 0.3) is 0 Å². The molecule has 1 aromatic heterocycles. The Kier molecular flexibility index (Phi) is 4.13. The molecule has 0 radical (unpaired) electrons. The number of H-pyrrole nitrogens is 1. The lowest BCUT2D eigenvalue weighted by Crippen LogP contribution is -2.59. The highest BCUT2D eigenvalue weighted by Gasteiger charge is 2.44. The van der Waals surface area contributed by atoms with Crippen molar-refractivity contribution in [1.29, 1.82) is 0 Å². The fourth-order valence-corrected chi connectivity index (χ4v) is 3.77. The summed E-state index contributed by atoms with van der Waals surface area (Å²) in [6, 6.07) is 0. The third-order valence-electron chi connectivity index (χ3n) is 4.83. The molecule has 1 atom stereocenters. The predicted octanol–water partition coefficient (Wildman–Crippen LogP) is 0.960. The van der Waals surface area contributed by atoms with Crippen molar-refractivity contribution in [3.8, 4) is 0 Å². The molecule has 3 rings (SSSR count). The minimum atomic E-state index is -0.694. The number of nitrogens with zero attached hydrogens (tertiary/aromatic N) is 3. The Hall–Kier alpha value is -1.92. The second-order valence-electron chi connectivity index (χ2n) is 6.43. The second-order valence-corrected chi connectivity index (χ2v) is 6.43. The zero-order valence-corrected chi connectivity index (χ0v) is 13.0. The number of carbonyl (C=O) groups is 2. The fourth-order valence-electron chi connectivity index (χ4n) is 3.77. The zero-order valence-electron chi connectivity index (χ0n) is 13.0. The summed E-state index contributed by atoms with van der Waals surface area (Å²) < 4.78 is 0. The van der Waals surface area contributed by atoms with E-state index in [-0.39, 0.29) is 17.7 Å². The number of amides is 2. The number of likely N-dealkylation sites (tertiary alicyclic amines) is 1. The molecular weight excluding hydrogens is 282 g/mol. The van der Waals surface area contributed by atoms with Gasteiger partial charge in [-0.05, 0) is 19.3 Å². The quantitative estimate of drug-likeness (QED) is 0.870. The number of rotatable bonds is 3. The van der Waals surface area contributed by atoms with Crippen LogP contribution in [0.1, 0.15) is 57.2 Å². The van der Waals surface area contributed by atoms with Crippen LogP contribution in [0, 0.1) is 0 Å². The molecular formula is C15H23N5O2. The van der Waals surface area contributed by atoms with Crippen molar-refractivity contribution in [3.63, 3.8) is 0 Å². The fraction of sp³-hybridized carbons (Fsp3) is 0.733. The molecule has 1 saturated heterocycles. The summed E-state index contributed by atoms with van der Waals surface area (Å²) in [5.41, 5.74) is -0.694. The Labute approximate surface area is 129 Å². The van der Waals surface area contributed by atoms with Gasteiger partial charge >= 0.3 is 0 Å². The first-order valence-electron chi connectivity index (χ1n) is 8.04. The topological polar surface area (TPSA) is 91.0 Å². The molecule has 1 saturated carbocycles. The molecule has 2 fully saturated rings. The smallest absolute Gasteiger partial charge is 0.248 e. The van der Waals surface area contributed by atoms with Crippen LogP contribution in [0.5, 0.6) is 0 Å². The van der Waals surface area contributed by atoms with Crippen LogP contribution in [0.4, 0.5) is 0 Å². The normalized spacial score (nSPS) is 24.2. The van der Waals surface area contributed by atoms with Gasteiger partial charge in [0.1, 0.15) is 17.7 Å². The summed E-state index contributed by atoms with van der Waals surface area (Å²) in [6.07, 6.45) is 6.99. The Bertz CT molecular complexity index is 536. The monoisotopic (exact) mass is 305 g/mol. The highest BCUT2D eigenvalue weighted by atomic mass is 16.2. The maximum Gasteiger partial charge on any atom is 0.248 e. The summed E-state index contributed by atoms with van der Waals surface area (Å²) in [5, 5.41) is 9.73. The summed E-state index contributed by atoms with van der Waals surface area (Å²) in [5.74, 6) is 1.00. The molecule has 22 heavy (non-hydrogen) atoms. The molecule has 2 amide bonds. The highest BCUT2D eigenvalue weighted by molar-refractivity contribution is 5.91. The van der Waals surface area contributed by atoms with Gasteiger partial charge in [-0.25, -0.2) is 4.98 Å². The Morgan fingerprint density at radius 2 is 2.14 bits per heavy atom. The summed E-state index contributed by atoms with van der Waals surface area (Å²) in [4.78, 5) is 30.7. The highest BCUT2D eigenvalue weighted by Crippen LogP contribution is 2.33. The summed E-state index contributed by atoms with van der Waals surface area (Å²) in [7, 11) is 0. The van der Waals surface area contributed by atoms with Crippen LogP contribution < -0.4 is 5.32 Å². The Morgan fingerprint density at radius 3 is 2.77 bits per heavy atom. The number of aromatic amines is 1. The van der Waals surface area contributed by atoms with Crippen LogP contribution in [0.15, 0.2) is 6.33 Å². The first-order chi connectivity index (χ1) is 10.6. The Balaban J connectivity index is 1.72. The van der Waals surface area contributed by atoms with E-state index in [0.717, 1.165) is 44.3 Å². The van der Waals surface area contributed by atoms with E-state index in [4.69, 9.17) is 0 Å². The van der Waals surface area contributed by atoms with Crippen LogP contribution in [-0.4, -0.2) is 50.5 Å². The molecule has 7 heteroatoms. The van der Waals surface area contributed by atoms with Crippen molar-refractivity contribution in [2.45, 2.75) is 56.9 Å². The molecule has 0 bridgehead atoms. The van der Waals surface area contributed by atoms with Crippen LogP contribution in [0.2, 0.25) is 0 Å². The van der Waals surface area contributed by atoms with Crippen molar-refractivity contribution in [3.05, 3.63) is 12.2 Å². The largest absolute Gasteiger partial charge is 0.342 e. The standard InChI is InChI=1S/C15H23N5O2/c1-11(21)18-15(6-3-2-4-7-15)14(22)20-8-5-12(9-20)13-16-10-17-19-13/h10,12H,2-9H2,1H3,(H,18,21)(H,16,17,19). The Morgan fingerprint density at radius 1 is 1.36 bits per heavy atom. The van der Waals surface area contributed by atoms with Crippen molar-refractivity contribution in [2.75, 3.05) is 13.1 Å². The molecule has 1 aliphatic heterocycles. The van der Waals surface area contributed by atoms with Gasteiger partial charge in [-0.15, -0.1) is 0 Å². The SMILES string of the molecule is CC(=O)NC1(C(=O)N2CCC(c3ncn[nH]3)C2)CCCCC1. The molecule has 2 N–H and O–H groups in total. The average molecular weight is 305 g/mol. The van der Waals surface area contributed by atoms with Gasteiger partial charge < -0.3 is 10.2 Å². The number of hydrogen-bond donors (Lipinski definition) is 2. The van der Waals surface area contributed by atoms with Gasteiger partial charge in [-0.2, -0.15) is 5.10 Å². The average Bonchev–Trinajstić information content (AvgIpc) is 3.17. The van der Waals surface area contributed by atoms with E-state index in [2.05, 4.69) is 20.5 Å². The van der Waals surface area contributed by atoms with Crippen LogP contribution in [0.3, 0.4) is 0 Å². The minimum absolute atomic E-state index is 0.0735. The molecule has 2 aliphatic rings. The van der Waals surface area contributed by atoms with E-state index in [1.54, 1.807) is 0 Å². The first kappa shape index (κ1) is 15.0. The van der Waals surface area contributed by atoms with Crippen molar-refractivity contribution in [2.24, 2.45) is 0 Å². The van der Waals surface area contributed by atoms with Crippen LogP contribution >= 0.6 is 0 Å². The van der Waals surface area contributed by atoms with Gasteiger partial charge in [-0.3, -0.25) is 14.7 Å². The molecule has 1 aromatic rings. The molecule has 0 aromatic carbocycles. The van der Waals surface area contributed by atoms with E-state index >= 15 is 0 Å². The third kappa shape index (κ3) is 2.84. The molecule has 1 unspecified atom stereocenters. The number of nitrogens with one attached hydrogen (secondary N) is 2. The molecule has 7 nitrogen and oxygen atoms in total. The lowest BCUT2D eigenvalue weighted by Gasteiger charge is -2.39. The van der Waals surface area contributed by atoms with E-state index in [1.807, 2.05) is 4.90 Å². The number of carbonyl (C=O) groups excluding carboxylic acids is 2. The summed E-state index contributed by atoms with van der Waals surface area (Å²) >= 11 is 0. The van der Waals surface area contributed by atoms with Gasteiger partial charge in [0.15, 0.2) is 0 Å². The molecule has 1 aliphatic carbocycles. The third-order valence-corrected chi connectivity index (χ3v) is 4.83. The van der Waals surface area contributed by atoms with E-state index < -0.39 is 5.54 Å². The van der Waals surface area contributed by atoms with Crippen molar-refractivity contribution >= 4 is 11.8 Å². The predicted molar refractivity (Wildman–Crippen MR) is 80.0 cm³/mol. The lowest BCUT2D eigenvalue weighted by molar-refractivity contribution is -0.142. The van der Waals surface area contributed by atoms with E-state index in [1.165, 1.54) is 13.3 Å². The number of hydrogen-bond acceptors (Lipinski definition) is 4. The van der Waals surface area contributed by atoms with Gasteiger partial charge in [-0.1, -0.05) is 19.3 Å². The van der Waals surface area contributed by atoms with E-state index in [9.17, 15) is 9.59 Å². The molecule has 0 spiro atoms. The maximum absolute atomic E-state index is 13.0. The van der Waals surface area contributed by atoms with Crippen molar-refractivity contribution in [1.82, 2.24) is 25.4 Å². The van der Waals surface area contributed by atoms with Gasteiger partial charge in [0.2, 0.25) is 11.8 Å². The maximum atomic E-state index is 13.0. The van der Waals surface area contributed by atoms with Crippen LogP contribution in [0.25, 0.3) is 0 Å². The molecule has 120 valence electrons. The minimum Gasteiger partial charge on any atom is -0.342 e. The number of aromatic nitrogens is 3. The zero-order chi connectivity index (χ0) is 15.6. The van der Waals surface area contributed by atoms with E-state index in [0.29, 0.717) is 13.1 Å². The lowest BCUT2D eigenvalue weighted by atomic mass is 9.80. The summed E-state index contributed by atoms with van der Waals surface area (Å²) in [6.45, 7) is 2.85. The van der Waals surface area contributed by atoms with Crippen molar-refractivity contribution < 1.29 is 9.59 Å². The van der Waals surface area contributed by atoms with Gasteiger partial charge in [0.05, 0.1) is 0 Å².